The first-order chi connectivity index (χ1) is 16.0. The zero-order valence-corrected chi connectivity index (χ0v) is 20.4. The number of amides is 1. The number of carboxylic acids is 1. The maximum absolute atomic E-state index is 13.1. The van der Waals surface area contributed by atoms with Crippen molar-refractivity contribution in [3.05, 3.63) is 35.9 Å². The first-order valence-electron chi connectivity index (χ1n) is 11.9. The van der Waals surface area contributed by atoms with Crippen molar-refractivity contribution >= 4 is 17.8 Å². The van der Waals surface area contributed by atoms with Crippen LogP contribution in [0.4, 0.5) is 0 Å². The minimum atomic E-state index is -1.06. The predicted molar refractivity (Wildman–Crippen MR) is 124 cm³/mol. The first-order valence-corrected chi connectivity index (χ1v) is 11.9. The average Bonchev–Trinajstić information content (AvgIpc) is 3.46. The minimum Gasteiger partial charge on any atom is -0.480 e. The normalized spacial score (nSPS) is 21.8. The van der Waals surface area contributed by atoms with Crippen LogP contribution in [0, 0.1) is 0 Å². The summed E-state index contributed by atoms with van der Waals surface area (Å²) in [4.78, 5) is 39.2. The summed E-state index contributed by atoms with van der Waals surface area (Å²) in [6, 6.07) is 7.01. The molecule has 9 heteroatoms. The first kappa shape index (κ1) is 26.1. The SMILES string of the molecule is C[C@H](NC(CCC1(c2ccccc2)OCCO1)C(=O)O)C(=O)N1CCC[C@H]1C(=O)OC(C)(C)C. The summed E-state index contributed by atoms with van der Waals surface area (Å²) in [7, 11) is 0. The Morgan fingerprint density at radius 3 is 2.44 bits per heavy atom. The lowest BCUT2D eigenvalue weighted by Crippen LogP contribution is -2.53. The van der Waals surface area contributed by atoms with E-state index in [1.807, 2.05) is 30.3 Å². The lowest BCUT2D eigenvalue weighted by Gasteiger charge is -2.31. The van der Waals surface area contributed by atoms with Crippen LogP contribution < -0.4 is 5.32 Å². The zero-order valence-electron chi connectivity index (χ0n) is 20.4. The molecule has 2 aliphatic heterocycles. The van der Waals surface area contributed by atoms with Crippen LogP contribution in [0.3, 0.4) is 0 Å². The lowest BCUT2D eigenvalue weighted by molar-refractivity contribution is -0.174. The highest BCUT2D eigenvalue weighted by Gasteiger charge is 2.41. The van der Waals surface area contributed by atoms with Crippen molar-refractivity contribution < 1.29 is 33.7 Å². The van der Waals surface area contributed by atoms with Gasteiger partial charge in [-0.15, -0.1) is 0 Å². The van der Waals surface area contributed by atoms with Crippen LogP contribution in [0.1, 0.15) is 58.9 Å². The molecule has 0 aliphatic carbocycles. The monoisotopic (exact) mass is 476 g/mol. The molecule has 2 aliphatic rings. The molecule has 3 rings (SSSR count). The van der Waals surface area contributed by atoms with Gasteiger partial charge in [0.2, 0.25) is 5.91 Å². The number of rotatable bonds is 9. The van der Waals surface area contributed by atoms with Crippen LogP contribution in [-0.2, 0) is 34.4 Å². The molecule has 188 valence electrons. The Kier molecular flexibility index (Phi) is 8.33. The van der Waals surface area contributed by atoms with E-state index in [1.165, 1.54) is 4.90 Å². The van der Waals surface area contributed by atoms with Crippen molar-refractivity contribution in [3.8, 4) is 0 Å². The molecule has 0 spiro atoms. The van der Waals surface area contributed by atoms with Gasteiger partial charge in [0, 0.05) is 18.5 Å². The Bertz CT molecular complexity index is 862. The third-order valence-corrected chi connectivity index (χ3v) is 6.06. The number of aliphatic carboxylic acids is 1. The molecule has 3 atom stereocenters. The van der Waals surface area contributed by atoms with E-state index in [1.54, 1.807) is 27.7 Å². The second-order valence-corrected chi connectivity index (χ2v) is 9.86. The fraction of sp³-hybridized carbons (Fsp3) is 0.640. The van der Waals surface area contributed by atoms with Crippen LogP contribution in [0.5, 0.6) is 0 Å². The van der Waals surface area contributed by atoms with Crippen molar-refractivity contribution in [2.75, 3.05) is 19.8 Å². The summed E-state index contributed by atoms with van der Waals surface area (Å²) in [5.41, 5.74) is 0.184. The minimum absolute atomic E-state index is 0.192. The molecule has 0 bridgehead atoms. The Balaban J connectivity index is 1.64. The Morgan fingerprint density at radius 1 is 1.21 bits per heavy atom. The largest absolute Gasteiger partial charge is 0.480 e. The molecule has 0 saturated carbocycles. The number of hydrogen-bond acceptors (Lipinski definition) is 7. The molecule has 2 fully saturated rings. The van der Waals surface area contributed by atoms with Gasteiger partial charge in [-0.05, 0) is 47.0 Å². The van der Waals surface area contributed by atoms with Crippen LogP contribution in [0.2, 0.25) is 0 Å². The summed E-state index contributed by atoms with van der Waals surface area (Å²) >= 11 is 0. The number of esters is 1. The van der Waals surface area contributed by atoms with Crippen LogP contribution >= 0.6 is 0 Å². The van der Waals surface area contributed by atoms with E-state index < -0.39 is 41.5 Å². The summed E-state index contributed by atoms with van der Waals surface area (Å²) in [5.74, 6) is -2.81. The average molecular weight is 477 g/mol. The fourth-order valence-electron chi connectivity index (χ4n) is 4.48. The molecule has 9 nitrogen and oxygen atoms in total. The Hall–Kier alpha value is -2.49. The Morgan fingerprint density at radius 2 is 1.85 bits per heavy atom. The predicted octanol–water partition coefficient (Wildman–Crippen LogP) is 2.43. The summed E-state index contributed by atoms with van der Waals surface area (Å²) < 4.78 is 17.3. The van der Waals surface area contributed by atoms with Gasteiger partial charge in [-0.25, -0.2) is 4.79 Å². The zero-order chi connectivity index (χ0) is 24.9. The second kappa shape index (κ2) is 10.8. The summed E-state index contributed by atoms with van der Waals surface area (Å²) in [6.45, 7) is 8.27. The number of hydrogen-bond donors (Lipinski definition) is 2. The van der Waals surface area contributed by atoms with Gasteiger partial charge >= 0.3 is 11.9 Å². The summed E-state index contributed by atoms with van der Waals surface area (Å²) in [6.07, 6.45) is 1.73. The number of likely N-dealkylation sites (tertiary alicyclic amines) is 1. The highest BCUT2D eigenvalue weighted by molar-refractivity contribution is 5.88. The molecule has 1 amide bonds. The molecular weight excluding hydrogens is 440 g/mol. The number of nitrogens with zero attached hydrogens (tertiary/aromatic N) is 1. The smallest absolute Gasteiger partial charge is 0.329 e. The van der Waals surface area contributed by atoms with Gasteiger partial charge in [-0.1, -0.05) is 30.3 Å². The molecule has 2 N–H and O–H groups in total. The van der Waals surface area contributed by atoms with E-state index in [2.05, 4.69) is 5.32 Å². The van der Waals surface area contributed by atoms with Crippen LogP contribution in [-0.4, -0.2) is 71.3 Å². The van der Waals surface area contributed by atoms with E-state index >= 15 is 0 Å². The maximum Gasteiger partial charge on any atom is 0.329 e. The number of carbonyl (C=O) groups is 3. The Labute approximate surface area is 200 Å². The maximum atomic E-state index is 13.1. The van der Waals surface area contributed by atoms with Gasteiger partial charge in [0.1, 0.15) is 17.7 Å². The fourth-order valence-corrected chi connectivity index (χ4v) is 4.48. The van der Waals surface area contributed by atoms with Crippen LogP contribution in [0.25, 0.3) is 0 Å². The van der Waals surface area contributed by atoms with Crippen molar-refractivity contribution in [3.63, 3.8) is 0 Å². The quantitative estimate of drug-likeness (QED) is 0.523. The third kappa shape index (κ3) is 6.34. The van der Waals surface area contributed by atoms with Gasteiger partial charge in [-0.2, -0.15) is 0 Å². The number of nitrogens with one attached hydrogen (secondary N) is 1. The molecule has 1 unspecified atom stereocenters. The van der Waals surface area contributed by atoms with E-state index in [0.29, 0.717) is 39.0 Å². The molecular formula is C25H36N2O7. The highest BCUT2D eigenvalue weighted by Crippen LogP contribution is 2.36. The van der Waals surface area contributed by atoms with Crippen LogP contribution in [0.15, 0.2) is 30.3 Å². The van der Waals surface area contributed by atoms with Crippen molar-refractivity contribution in [1.82, 2.24) is 10.2 Å². The molecule has 0 aromatic heterocycles. The standard InChI is InChI=1S/C25H36N2O7/c1-17(21(28)27-14-8-11-20(27)23(31)34-24(2,3)4)26-19(22(29)30)12-13-25(32-15-16-33-25)18-9-6-5-7-10-18/h5-7,9-10,17,19-20,26H,8,11-16H2,1-4H3,(H,29,30)/t17-,19?,20-/m0/s1. The molecule has 2 heterocycles. The number of carboxylic acid groups (broad SMARTS) is 1. The van der Waals surface area contributed by atoms with Gasteiger partial charge < -0.3 is 24.2 Å². The molecule has 0 radical (unpaired) electrons. The molecule has 34 heavy (non-hydrogen) atoms. The number of ether oxygens (including phenoxy) is 3. The molecule has 1 aromatic carbocycles. The third-order valence-electron chi connectivity index (χ3n) is 6.06. The van der Waals surface area contributed by atoms with Gasteiger partial charge in [0.05, 0.1) is 19.3 Å². The molecule has 1 aromatic rings. The van der Waals surface area contributed by atoms with Crippen molar-refractivity contribution in [1.29, 1.82) is 0 Å². The van der Waals surface area contributed by atoms with E-state index in [0.717, 1.165) is 5.56 Å². The number of benzene rings is 1. The van der Waals surface area contributed by atoms with Gasteiger partial charge in [0.15, 0.2) is 5.79 Å². The highest BCUT2D eigenvalue weighted by atomic mass is 16.7. The van der Waals surface area contributed by atoms with Gasteiger partial charge in [-0.3, -0.25) is 14.9 Å². The van der Waals surface area contributed by atoms with E-state index in [9.17, 15) is 19.5 Å². The lowest BCUT2D eigenvalue weighted by atomic mass is 9.97. The topological polar surface area (TPSA) is 114 Å². The number of carbonyl (C=O) groups excluding carboxylic acids is 2. The summed E-state index contributed by atoms with van der Waals surface area (Å²) in [5, 5.41) is 12.8. The van der Waals surface area contributed by atoms with Crippen molar-refractivity contribution in [2.24, 2.45) is 0 Å². The van der Waals surface area contributed by atoms with Crippen molar-refractivity contribution in [2.45, 2.75) is 82.9 Å². The van der Waals surface area contributed by atoms with Gasteiger partial charge in [0.25, 0.3) is 0 Å². The molecule has 2 saturated heterocycles. The van der Waals surface area contributed by atoms with E-state index in [4.69, 9.17) is 14.2 Å². The van der Waals surface area contributed by atoms with E-state index in [-0.39, 0.29) is 12.3 Å². The second-order valence-electron chi connectivity index (χ2n) is 9.86.